The molecule has 0 aromatic rings. The highest BCUT2D eigenvalue weighted by atomic mass is 16.3. The zero-order valence-corrected chi connectivity index (χ0v) is 9.74. The van der Waals surface area contributed by atoms with Crippen LogP contribution >= 0.6 is 0 Å². The molecule has 1 N–H and O–H groups in total. The summed E-state index contributed by atoms with van der Waals surface area (Å²) in [5, 5.41) is 8.74. The molecule has 1 saturated carbocycles. The molecule has 1 aliphatic carbocycles. The predicted molar refractivity (Wildman–Crippen MR) is 60.5 cm³/mol. The molecule has 0 unspecified atom stereocenters. The molecule has 88 valence electrons. The van der Waals surface area contributed by atoms with Crippen LogP contribution in [0.1, 0.15) is 44.9 Å². The summed E-state index contributed by atoms with van der Waals surface area (Å²) >= 11 is 0. The first-order chi connectivity index (χ1) is 7.24. The van der Waals surface area contributed by atoms with Gasteiger partial charge < -0.3 is 10.0 Å². The van der Waals surface area contributed by atoms with Gasteiger partial charge in [-0.25, -0.2) is 0 Å². The van der Waals surface area contributed by atoms with Gasteiger partial charge >= 0.3 is 0 Å². The molecule has 0 radical (unpaired) electrons. The van der Waals surface area contributed by atoms with E-state index in [9.17, 15) is 4.79 Å². The standard InChI is InChI=1S/C12H23NO2/c1-13(8-9-14)12(15)10-11-6-4-2-3-5-7-11/h11,14H,2-10H2,1H3. The zero-order chi connectivity index (χ0) is 11.1. The van der Waals surface area contributed by atoms with E-state index >= 15 is 0 Å². The van der Waals surface area contributed by atoms with E-state index in [1.165, 1.54) is 38.5 Å². The number of carbonyl (C=O) groups is 1. The molecule has 1 fully saturated rings. The van der Waals surface area contributed by atoms with Gasteiger partial charge in [-0.3, -0.25) is 4.79 Å². The largest absolute Gasteiger partial charge is 0.395 e. The van der Waals surface area contributed by atoms with Crippen LogP contribution in [0.25, 0.3) is 0 Å². The molecule has 0 spiro atoms. The minimum Gasteiger partial charge on any atom is -0.395 e. The normalized spacial score (nSPS) is 18.5. The molecule has 0 aromatic heterocycles. The number of carbonyl (C=O) groups excluding carboxylic acids is 1. The van der Waals surface area contributed by atoms with E-state index in [1.807, 2.05) is 0 Å². The number of amides is 1. The van der Waals surface area contributed by atoms with Crippen LogP contribution in [0.2, 0.25) is 0 Å². The summed E-state index contributed by atoms with van der Waals surface area (Å²) in [5.41, 5.74) is 0. The summed E-state index contributed by atoms with van der Waals surface area (Å²) in [7, 11) is 1.77. The van der Waals surface area contributed by atoms with Crippen molar-refractivity contribution in [2.45, 2.75) is 44.9 Å². The highest BCUT2D eigenvalue weighted by molar-refractivity contribution is 5.76. The molecule has 0 heterocycles. The minimum atomic E-state index is 0.0624. The summed E-state index contributed by atoms with van der Waals surface area (Å²) in [6.45, 7) is 0.526. The maximum Gasteiger partial charge on any atom is 0.222 e. The van der Waals surface area contributed by atoms with Gasteiger partial charge in [-0.2, -0.15) is 0 Å². The van der Waals surface area contributed by atoms with Crippen LogP contribution in [-0.2, 0) is 4.79 Å². The smallest absolute Gasteiger partial charge is 0.222 e. The summed E-state index contributed by atoms with van der Waals surface area (Å²) in [6.07, 6.45) is 8.31. The van der Waals surface area contributed by atoms with Crippen molar-refractivity contribution in [3.63, 3.8) is 0 Å². The Morgan fingerprint density at radius 2 is 1.87 bits per heavy atom. The Bertz CT molecular complexity index is 186. The van der Waals surface area contributed by atoms with Crippen molar-refractivity contribution in [2.75, 3.05) is 20.2 Å². The van der Waals surface area contributed by atoms with Gasteiger partial charge in [0.15, 0.2) is 0 Å². The average molecular weight is 213 g/mol. The molecule has 0 bridgehead atoms. The van der Waals surface area contributed by atoms with Crippen LogP contribution in [0.5, 0.6) is 0 Å². The number of likely N-dealkylation sites (N-methyl/N-ethyl adjacent to an activating group) is 1. The van der Waals surface area contributed by atoms with E-state index in [0.717, 1.165) is 0 Å². The first kappa shape index (κ1) is 12.5. The van der Waals surface area contributed by atoms with Crippen molar-refractivity contribution in [3.05, 3.63) is 0 Å². The molecule has 0 aromatic carbocycles. The van der Waals surface area contributed by atoms with Crippen molar-refractivity contribution in [2.24, 2.45) is 5.92 Å². The summed E-state index contributed by atoms with van der Waals surface area (Å²) in [6, 6.07) is 0. The van der Waals surface area contributed by atoms with Crippen LogP contribution in [0.4, 0.5) is 0 Å². The number of hydrogen-bond donors (Lipinski definition) is 1. The van der Waals surface area contributed by atoms with Crippen molar-refractivity contribution < 1.29 is 9.90 Å². The van der Waals surface area contributed by atoms with Gasteiger partial charge in [0.2, 0.25) is 5.91 Å². The third-order valence-electron chi connectivity index (χ3n) is 3.30. The first-order valence-corrected chi connectivity index (χ1v) is 6.09. The van der Waals surface area contributed by atoms with Crippen molar-refractivity contribution >= 4 is 5.91 Å². The molecule has 15 heavy (non-hydrogen) atoms. The Morgan fingerprint density at radius 1 is 1.27 bits per heavy atom. The average Bonchev–Trinajstić information content (AvgIpc) is 2.46. The number of aliphatic hydroxyl groups is 1. The highest BCUT2D eigenvalue weighted by Gasteiger charge is 2.17. The lowest BCUT2D eigenvalue weighted by Gasteiger charge is -2.19. The van der Waals surface area contributed by atoms with Crippen LogP contribution < -0.4 is 0 Å². The molecular formula is C12H23NO2. The molecule has 0 atom stereocenters. The Labute approximate surface area is 92.5 Å². The Kier molecular flexibility index (Phi) is 5.69. The van der Waals surface area contributed by atoms with Gasteiger partial charge in [-0.1, -0.05) is 25.7 Å². The fourth-order valence-corrected chi connectivity index (χ4v) is 2.25. The Balaban J connectivity index is 2.28. The fraction of sp³-hybridized carbons (Fsp3) is 0.917. The predicted octanol–water partition coefficient (Wildman–Crippen LogP) is 1.80. The van der Waals surface area contributed by atoms with Crippen LogP contribution in [0.3, 0.4) is 0 Å². The molecule has 1 aliphatic rings. The molecule has 3 nitrogen and oxygen atoms in total. The van der Waals surface area contributed by atoms with Crippen molar-refractivity contribution in [1.29, 1.82) is 0 Å². The lowest BCUT2D eigenvalue weighted by molar-refractivity contribution is -0.131. The maximum absolute atomic E-state index is 11.7. The lowest BCUT2D eigenvalue weighted by Crippen LogP contribution is -2.30. The Hall–Kier alpha value is -0.570. The molecule has 1 rings (SSSR count). The van der Waals surface area contributed by atoms with Gasteiger partial charge in [0, 0.05) is 20.0 Å². The number of aliphatic hydroxyl groups excluding tert-OH is 1. The van der Waals surface area contributed by atoms with Crippen LogP contribution in [-0.4, -0.2) is 36.1 Å². The summed E-state index contributed by atoms with van der Waals surface area (Å²) in [4.78, 5) is 13.4. The lowest BCUT2D eigenvalue weighted by atomic mass is 9.96. The minimum absolute atomic E-state index is 0.0624. The Morgan fingerprint density at radius 3 is 2.40 bits per heavy atom. The summed E-state index contributed by atoms with van der Waals surface area (Å²) < 4.78 is 0. The fourth-order valence-electron chi connectivity index (χ4n) is 2.25. The second-order valence-electron chi connectivity index (χ2n) is 4.60. The van der Waals surface area contributed by atoms with E-state index in [1.54, 1.807) is 11.9 Å². The van der Waals surface area contributed by atoms with Crippen molar-refractivity contribution in [3.8, 4) is 0 Å². The molecule has 3 heteroatoms. The third-order valence-corrected chi connectivity index (χ3v) is 3.30. The van der Waals surface area contributed by atoms with Crippen LogP contribution in [0, 0.1) is 5.92 Å². The molecule has 1 amide bonds. The van der Waals surface area contributed by atoms with Gasteiger partial charge in [0.05, 0.1) is 6.61 Å². The van der Waals surface area contributed by atoms with E-state index in [0.29, 0.717) is 18.9 Å². The van der Waals surface area contributed by atoms with Gasteiger partial charge in [-0.05, 0) is 18.8 Å². The van der Waals surface area contributed by atoms with E-state index in [2.05, 4.69) is 0 Å². The second-order valence-corrected chi connectivity index (χ2v) is 4.60. The van der Waals surface area contributed by atoms with E-state index in [4.69, 9.17) is 5.11 Å². The summed E-state index contributed by atoms with van der Waals surface area (Å²) in [5.74, 6) is 0.775. The number of nitrogens with zero attached hydrogens (tertiary/aromatic N) is 1. The maximum atomic E-state index is 11.7. The number of rotatable bonds is 4. The monoisotopic (exact) mass is 213 g/mol. The SMILES string of the molecule is CN(CCO)C(=O)CC1CCCCCC1. The van der Waals surface area contributed by atoms with Crippen molar-refractivity contribution in [1.82, 2.24) is 4.90 Å². The highest BCUT2D eigenvalue weighted by Crippen LogP contribution is 2.25. The molecular weight excluding hydrogens is 190 g/mol. The second kappa shape index (κ2) is 6.83. The van der Waals surface area contributed by atoms with Gasteiger partial charge in [-0.15, -0.1) is 0 Å². The first-order valence-electron chi connectivity index (χ1n) is 6.09. The van der Waals surface area contributed by atoms with E-state index < -0.39 is 0 Å². The van der Waals surface area contributed by atoms with Gasteiger partial charge in [0.1, 0.15) is 0 Å². The van der Waals surface area contributed by atoms with E-state index in [-0.39, 0.29) is 12.5 Å². The topological polar surface area (TPSA) is 40.5 Å². The van der Waals surface area contributed by atoms with Crippen LogP contribution in [0.15, 0.2) is 0 Å². The van der Waals surface area contributed by atoms with Gasteiger partial charge in [0.25, 0.3) is 0 Å². The zero-order valence-electron chi connectivity index (χ0n) is 9.74. The number of hydrogen-bond acceptors (Lipinski definition) is 2. The third kappa shape index (κ3) is 4.65. The molecule has 0 aliphatic heterocycles. The quantitative estimate of drug-likeness (QED) is 0.723. The molecule has 0 saturated heterocycles.